The predicted molar refractivity (Wildman–Crippen MR) is 30.6 cm³/mol. The molecule has 0 fully saturated rings. The molecule has 1 aliphatic carbocycles. The molecule has 38 valence electrons. The van der Waals surface area contributed by atoms with Crippen molar-refractivity contribution in [3.05, 3.63) is 12.2 Å². The molecule has 1 unspecified atom stereocenters. The Hall–Kier alpha value is -0.590. The van der Waals surface area contributed by atoms with Crippen LogP contribution in [0.15, 0.2) is 12.2 Å². The summed E-state index contributed by atoms with van der Waals surface area (Å²) in [5.74, 6) is 0.486. The van der Waals surface area contributed by atoms with Crippen molar-refractivity contribution in [1.82, 2.24) is 0 Å². The third-order valence-corrected chi connectivity index (χ3v) is 1.31. The number of hydrogen-bond donors (Lipinski definition) is 1. The molecule has 1 nitrogen and oxygen atoms in total. The van der Waals surface area contributed by atoms with Crippen molar-refractivity contribution in [3.63, 3.8) is 0 Å². The third kappa shape index (κ3) is 0.710. The molecule has 0 aliphatic heterocycles. The molecule has 7 heavy (non-hydrogen) atoms. The van der Waals surface area contributed by atoms with Crippen LogP contribution in [-0.2, 0) is 0 Å². The van der Waals surface area contributed by atoms with Gasteiger partial charge in [-0.15, -0.1) is 0 Å². The van der Waals surface area contributed by atoms with E-state index in [2.05, 4.69) is 12.2 Å². The molecule has 1 atom stereocenters. The van der Waals surface area contributed by atoms with E-state index < -0.39 is 0 Å². The highest BCUT2D eigenvalue weighted by atomic mass is 14.4. The van der Waals surface area contributed by atoms with Crippen molar-refractivity contribution >= 4 is 5.71 Å². The average Bonchev–Trinajstić information content (AvgIpc) is 1.23. The van der Waals surface area contributed by atoms with Crippen molar-refractivity contribution in [2.75, 3.05) is 0 Å². The summed E-state index contributed by atoms with van der Waals surface area (Å²) >= 11 is 0. The Labute approximate surface area is 43.6 Å². The maximum Gasteiger partial charge on any atom is 0.0177 e. The van der Waals surface area contributed by atoms with Gasteiger partial charge in [0.25, 0.3) is 0 Å². The van der Waals surface area contributed by atoms with E-state index in [1.54, 1.807) is 0 Å². The third-order valence-electron chi connectivity index (χ3n) is 1.31. The molecule has 0 radical (unpaired) electrons. The van der Waals surface area contributed by atoms with Crippen LogP contribution in [0.2, 0.25) is 0 Å². The van der Waals surface area contributed by atoms with Crippen LogP contribution in [0.4, 0.5) is 0 Å². The van der Waals surface area contributed by atoms with E-state index in [0.29, 0.717) is 5.92 Å². The van der Waals surface area contributed by atoms with Gasteiger partial charge in [-0.25, -0.2) is 0 Å². The van der Waals surface area contributed by atoms with E-state index in [9.17, 15) is 0 Å². The zero-order valence-corrected chi connectivity index (χ0v) is 4.44. The largest absolute Gasteiger partial charge is 0.309 e. The first-order valence-electron chi connectivity index (χ1n) is 2.52. The zero-order chi connectivity index (χ0) is 5.28. The first kappa shape index (κ1) is 4.57. The van der Waals surface area contributed by atoms with Gasteiger partial charge in [0.2, 0.25) is 0 Å². The van der Waals surface area contributed by atoms with E-state index in [1.807, 2.05) is 6.92 Å². The van der Waals surface area contributed by atoms with Crippen LogP contribution in [0, 0.1) is 11.3 Å². The van der Waals surface area contributed by atoms with Gasteiger partial charge in [0.15, 0.2) is 0 Å². The van der Waals surface area contributed by atoms with Gasteiger partial charge in [0.05, 0.1) is 0 Å². The van der Waals surface area contributed by atoms with Crippen molar-refractivity contribution < 1.29 is 0 Å². The second-order valence-corrected chi connectivity index (χ2v) is 1.95. The highest BCUT2D eigenvalue weighted by Crippen LogP contribution is 2.16. The van der Waals surface area contributed by atoms with Crippen LogP contribution < -0.4 is 0 Å². The Morgan fingerprint density at radius 2 is 2.43 bits per heavy atom. The lowest BCUT2D eigenvalue weighted by atomic mass is 9.91. The van der Waals surface area contributed by atoms with Gasteiger partial charge in [-0.3, -0.25) is 0 Å². The summed E-state index contributed by atoms with van der Waals surface area (Å²) in [6, 6.07) is 0. The van der Waals surface area contributed by atoms with Gasteiger partial charge in [-0.1, -0.05) is 12.2 Å². The van der Waals surface area contributed by atoms with Crippen LogP contribution in [0.25, 0.3) is 0 Å². The number of rotatable bonds is 1. The summed E-state index contributed by atoms with van der Waals surface area (Å²) in [6.45, 7) is 1.86. The van der Waals surface area contributed by atoms with Gasteiger partial charge in [0.1, 0.15) is 0 Å². The Kier molecular flexibility index (Phi) is 0.970. The fourth-order valence-corrected chi connectivity index (χ4v) is 0.593. The standard InChI is InChI=1S/C6H9N/c1-5(7)6-3-2-4-6/h2-3,6-7H,4H2,1H3. The summed E-state index contributed by atoms with van der Waals surface area (Å²) in [6.07, 6.45) is 5.26. The minimum Gasteiger partial charge on any atom is -0.309 e. The van der Waals surface area contributed by atoms with Crippen LogP contribution in [-0.4, -0.2) is 5.71 Å². The Morgan fingerprint density at radius 1 is 1.86 bits per heavy atom. The van der Waals surface area contributed by atoms with Crippen LogP contribution >= 0.6 is 0 Å². The normalized spacial score (nSPS) is 26.7. The highest BCUT2D eigenvalue weighted by molar-refractivity contribution is 5.84. The van der Waals surface area contributed by atoms with Crippen molar-refractivity contribution in [1.29, 1.82) is 5.41 Å². The average molecular weight is 95.1 g/mol. The molecule has 0 aromatic carbocycles. The lowest BCUT2D eigenvalue weighted by Gasteiger charge is -2.14. The van der Waals surface area contributed by atoms with E-state index in [4.69, 9.17) is 5.41 Å². The molecular formula is C6H9N. The van der Waals surface area contributed by atoms with Crippen molar-refractivity contribution in [3.8, 4) is 0 Å². The monoisotopic (exact) mass is 95.1 g/mol. The molecule has 1 aliphatic rings. The lowest BCUT2D eigenvalue weighted by molar-refractivity contribution is 0.794. The Balaban J connectivity index is 2.44. The fraction of sp³-hybridized carbons (Fsp3) is 0.500. The van der Waals surface area contributed by atoms with Crippen LogP contribution in [0.1, 0.15) is 13.3 Å². The number of nitrogens with one attached hydrogen (secondary N) is 1. The number of hydrogen-bond acceptors (Lipinski definition) is 1. The summed E-state index contributed by atoms with van der Waals surface area (Å²) in [7, 11) is 0. The predicted octanol–water partition coefficient (Wildman–Crippen LogP) is 1.60. The smallest absolute Gasteiger partial charge is 0.0177 e. The summed E-state index contributed by atoms with van der Waals surface area (Å²) in [5.41, 5.74) is 0.794. The molecule has 0 aromatic heterocycles. The maximum absolute atomic E-state index is 7.10. The van der Waals surface area contributed by atoms with Gasteiger partial charge >= 0.3 is 0 Å². The van der Waals surface area contributed by atoms with Crippen LogP contribution in [0.3, 0.4) is 0 Å². The molecule has 1 heteroatoms. The summed E-state index contributed by atoms with van der Waals surface area (Å²) in [4.78, 5) is 0. The first-order valence-corrected chi connectivity index (χ1v) is 2.52. The van der Waals surface area contributed by atoms with Crippen molar-refractivity contribution in [2.45, 2.75) is 13.3 Å². The van der Waals surface area contributed by atoms with Gasteiger partial charge in [-0.2, -0.15) is 0 Å². The first-order chi connectivity index (χ1) is 3.30. The van der Waals surface area contributed by atoms with E-state index in [1.165, 1.54) is 0 Å². The maximum atomic E-state index is 7.10. The topological polar surface area (TPSA) is 23.9 Å². The van der Waals surface area contributed by atoms with Gasteiger partial charge in [0, 0.05) is 11.6 Å². The minimum absolute atomic E-state index is 0.486. The lowest BCUT2D eigenvalue weighted by Crippen LogP contribution is -2.11. The van der Waals surface area contributed by atoms with E-state index in [-0.39, 0.29) is 0 Å². The fourth-order valence-electron chi connectivity index (χ4n) is 0.593. The van der Waals surface area contributed by atoms with Gasteiger partial charge < -0.3 is 5.41 Å². The molecule has 0 amide bonds. The molecule has 0 spiro atoms. The minimum atomic E-state index is 0.486. The number of allylic oxidation sites excluding steroid dienone is 2. The Morgan fingerprint density at radius 3 is 2.43 bits per heavy atom. The quantitative estimate of drug-likeness (QED) is 0.378. The molecule has 0 bridgehead atoms. The van der Waals surface area contributed by atoms with Gasteiger partial charge in [-0.05, 0) is 13.3 Å². The molecular weight excluding hydrogens is 86.1 g/mol. The van der Waals surface area contributed by atoms with E-state index in [0.717, 1.165) is 12.1 Å². The zero-order valence-electron chi connectivity index (χ0n) is 4.44. The SMILES string of the molecule is CC(=N)C1C=CC1. The second-order valence-electron chi connectivity index (χ2n) is 1.95. The van der Waals surface area contributed by atoms with Crippen molar-refractivity contribution in [2.24, 2.45) is 5.92 Å². The summed E-state index contributed by atoms with van der Waals surface area (Å²) < 4.78 is 0. The van der Waals surface area contributed by atoms with Crippen LogP contribution in [0.5, 0.6) is 0 Å². The molecule has 0 saturated heterocycles. The molecule has 0 aromatic rings. The molecule has 1 rings (SSSR count). The van der Waals surface area contributed by atoms with E-state index >= 15 is 0 Å². The molecule has 1 N–H and O–H groups in total. The highest BCUT2D eigenvalue weighted by Gasteiger charge is 2.10. The second kappa shape index (κ2) is 1.49. The summed E-state index contributed by atoms with van der Waals surface area (Å²) in [5, 5.41) is 7.10. The Bertz CT molecular complexity index is 113. The molecule has 0 heterocycles. The molecule has 0 saturated carbocycles.